The Morgan fingerprint density at radius 3 is 2.53 bits per heavy atom. The number of morpholine rings is 1. The molecule has 0 spiro atoms. The predicted molar refractivity (Wildman–Crippen MR) is 60.1 cm³/mol. The minimum absolute atomic E-state index is 0.115. The number of carbonyl (C=O) groups is 1. The van der Waals surface area contributed by atoms with Gasteiger partial charge in [0, 0.05) is 18.0 Å². The normalized spacial score (nSPS) is 16.4. The third kappa shape index (κ3) is 2.97. The van der Waals surface area contributed by atoms with Crippen molar-refractivity contribution < 1.29 is 9.53 Å². The molecule has 15 heavy (non-hydrogen) atoms. The summed E-state index contributed by atoms with van der Waals surface area (Å²) in [5, 5.41) is 0.115. The molecule has 80 valence electrons. The lowest BCUT2D eigenvalue weighted by Crippen LogP contribution is -2.38. The van der Waals surface area contributed by atoms with Gasteiger partial charge in [0.1, 0.15) is 0 Å². The number of amides is 1. The molecule has 1 aromatic rings. The van der Waals surface area contributed by atoms with Gasteiger partial charge >= 0.3 is 0 Å². The first-order valence-electron chi connectivity index (χ1n) is 4.96. The van der Waals surface area contributed by atoms with Gasteiger partial charge in [0.2, 0.25) is 0 Å². The first-order valence-corrected chi connectivity index (χ1v) is 5.77. The Hall–Kier alpha value is -1.00. The van der Waals surface area contributed by atoms with Gasteiger partial charge in [-0.3, -0.25) is 4.79 Å². The van der Waals surface area contributed by atoms with E-state index < -0.39 is 0 Å². The van der Waals surface area contributed by atoms with Crippen molar-refractivity contribution in [2.45, 2.75) is 4.90 Å². The Morgan fingerprint density at radius 1 is 1.20 bits per heavy atom. The summed E-state index contributed by atoms with van der Waals surface area (Å²) >= 11 is 1.28. The van der Waals surface area contributed by atoms with E-state index in [1.165, 1.54) is 11.8 Å². The molecule has 0 N–H and O–H groups in total. The molecule has 1 aromatic carbocycles. The van der Waals surface area contributed by atoms with Crippen LogP contribution in [0.25, 0.3) is 0 Å². The molecule has 0 aromatic heterocycles. The molecule has 1 saturated heterocycles. The van der Waals surface area contributed by atoms with E-state index in [0.717, 1.165) is 4.90 Å². The van der Waals surface area contributed by atoms with Crippen LogP contribution in [0.5, 0.6) is 0 Å². The molecule has 1 aliphatic heterocycles. The van der Waals surface area contributed by atoms with Crippen LogP contribution in [0.15, 0.2) is 35.2 Å². The fourth-order valence-electron chi connectivity index (χ4n) is 1.40. The van der Waals surface area contributed by atoms with Gasteiger partial charge in [-0.05, 0) is 23.9 Å². The average Bonchev–Trinajstić information content (AvgIpc) is 2.31. The van der Waals surface area contributed by atoms with Crippen LogP contribution >= 0.6 is 11.8 Å². The van der Waals surface area contributed by atoms with Crippen molar-refractivity contribution in [1.82, 2.24) is 4.90 Å². The fourth-order valence-corrected chi connectivity index (χ4v) is 2.21. The fraction of sp³-hybridized carbons (Fsp3) is 0.364. The van der Waals surface area contributed by atoms with Crippen molar-refractivity contribution in [3.8, 4) is 0 Å². The second-order valence-corrected chi connectivity index (χ2v) is 4.31. The first kappa shape index (κ1) is 10.5. The SMILES string of the molecule is O=C(Sc1ccccc1)N1CCOCC1. The molecule has 0 aliphatic carbocycles. The van der Waals surface area contributed by atoms with Gasteiger partial charge in [-0.2, -0.15) is 0 Å². The summed E-state index contributed by atoms with van der Waals surface area (Å²) in [6.07, 6.45) is 0. The highest BCUT2D eigenvalue weighted by atomic mass is 32.2. The van der Waals surface area contributed by atoms with Crippen LogP contribution in [-0.4, -0.2) is 36.4 Å². The maximum absolute atomic E-state index is 11.8. The van der Waals surface area contributed by atoms with E-state index in [-0.39, 0.29) is 5.24 Å². The zero-order valence-corrected chi connectivity index (χ0v) is 9.20. The molecule has 1 fully saturated rings. The lowest BCUT2D eigenvalue weighted by atomic mass is 10.4. The third-order valence-electron chi connectivity index (χ3n) is 2.22. The average molecular weight is 223 g/mol. The Morgan fingerprint density at radius 2 is 1.87 bits per heavy atom. The van der Waals surface area contributed by atoms with E-state index in [1.54, 1.807) is 0 Å². The molecule has 2 rings (SSSR count). The van der Waals surface area contributed by atoms with Gasteiger partial charge in [-0.25, -0.2) is 0 Å². The van der Waals surface area contributed by atoms with Crippen molar-refractivity contribution >= 4 is 17.0 Å². The third-order valence-corrected chi connectivity index (χ3v) is 3.16. The number of carbonyl (C=O) groups excluding carboxylic acids is 1. The number of ether oxygens (including phenoxy) is 1. The van der Waals surface area contributed by atoms with Gasteiger partial charge in [0.05, 0.1) is 13.2 Å². The number of thioether (sulfide) groups is 1. The minimum Gasteiger partial charge on any atom is -0.378 e. The molecule has 0 atom stereocenters. The maximum atomic E-state index is 11.8. The molecule has 4 heteroatoms. The molecule has 0 bridgehead atoms. The smallest absolute Gasteiger partial charge is 0.286 e. The topological polar surface area (TPSA) is 29.5 Å². The molecular weight excluding hydrogens is 210 g/mol. The van der Waals surface area contributed by atoms with Crippen molar-refractivity contribution in [3.63, 3.8) is 0 Å². The highest BCUT2D eigenvalue weighted by Gasteiger charge is 2.17. The molecule has 1 amide bonds. The number of hydrogen-bond acceptors (Lipinski definition) is 3. The number of benzene rings is 1. The van der Waals surface area contributed by atoms with E-state index in [1.807, 2.05) is 35.2 Å². The maximum Gasteiger partial charge on any atom is 0.286 e. The van der Waals surface area contributed by atoms with Crippen LogP contribution in [0.4, 0.5) is 4.79 Å². The standard InChI is InChI=1S/C11H13NO2S/c13-11(12-6-8-14-9-7-12)15-10-4-2-1-3-5-10/h1-5H,6-9H2. The minimum atomic E-state index is 0.115. The van der Waals surface area contributed by atoms with Crippen LogP contribution in [0.1, 0.15) is 0 Å². The first-order chi connectivity index (χ1) is 7.36. The quantitative estimate of drug-likeness (QED) is 0.684. The van der Waals surface area contributed by atoms with Gasteiger partial charge in [-0.1, -0.05) is 18.2 Å². The van der Waals surface area contributed by atoms with E-state index in [9.17, 15) is 4.79 Å². The summed E-state index contributed by atoms with van der Waals surface area (Å²) in [6.45, 7) is 2.72. The zero-order chi connectivity index (χ0) is 10.5. The Kier molecular flexibility index (Phi) is 3.64. The van der Waals surface area contributed by atoms with E-state index in [4.69, 9.17) is 4.74 Å². The molecule has 3 nitrogen and oxygen atoms in total. The van der Waals surface area contributed by atoms with Crippen molar-refractivity contribution in [1.29, 1.82) is 0 Å². The van der Waals surface area contributed by atoms with Gasteiger partial charge in [0.25, 0.3) is 5.24 Å². The van der Waals surface area contributed by atoms with E-state index in [0.29, 0.717) is 26.3 Å². The summed E-state index contributed by atoms with van der Waals surface area (Å²) in [5.74, 6) is 0. The van der Waals surface area contributed by atoms with Crippen LogP contribution in [-0.2, 0) is 4.74 Å². The highest BCUT2D eigenvalue weighted by molar-refractivity contribution is 8.13. The Balaban J connectivity index is 1.91. The predicted octanol–water partition coefficient (Wildman–Crippen LogP) is 2.23. The molecule has 1 heterocycles. The molecule has 0 saturated carbocycles. The second kappa shape index (κ2) is 5.19. The summed E-state index contributed by atoms with van der Waals surface area (Å²) in [7, 11) is 0. The number of hydrogen-bond donors (Lipinski definition) is 0. The lowest BCUT2D eigenvalue weighted by Gasteiger charge is -2.26. The van der Waals surface area contributed by atoms with Crippen molar-refractivity contribution in [2.75, 3.05) is 26.3 Å². The van der Waals surface area contributed by atoms with Crippen LogP contribution < -0.4 is 0 Å². The largest absolute Gasteiger partial charge is 0.378 e. The number of rotatable bonds is 1. The van der Waals surface area contributed by atoms with Gasteiger partial charge in [-0.15, -0.1) is 0 Å². The lowest BCUT2D eigenvalue weighted by molar-refractivity contribution is 0.0593. The Bertz CT molecular complexity index is 323. The van der Waals surface area contributed by atoms with Gasteiger partial charge in [0.15, 0.2) is 0 Å². The summed E-state index contributed by atoms with van der Waals surface area (Å²) in [6, 6.07) is 9.72. The highest BCUT2D eigenvalue weighted by Crippen LogP contribution is 2.21. The number of nitrogens with zero attached hydrogens (tertiary/aromatic N) is 1. The monoisotopic (exact) mass is 223 g/mol. The second-order valence-electron chi connectivity index (χ2n) is 3.28. The molecule has 1 aliphatic rings. The summed E-state index contributed by atoms with van der Waals surface area (Å²) in [4.78, 5) is 14.6. The summed E-state index contributed by atoms with van der Waals surface area (Å²) in [5.41, 5.74) is 0. The van der Waals surface area contributed by atoms with Crippen molar-refractivity contribution in [2.24, 2.45) is 0 Å². The summed E-state index contributed by atoms with van der Waals surface area (Å²) < 4.78 is 5.20. The Labute approximate surface area is 93.4 Å². The molecular formula is C11H13NO2S. The molecule has 0 unspecified atom stereocenters. The molecule has 0 radical (unpaired) electrons. The van der Waals surface area contributed by atoms with E-state index in [2.05, 4.69) is 0 Å². The van der Waals surface area contributed by atoms with Crippen LogP contribution in [0.3, 0.4) is 0 Å². The van der Waals surface area contributed by atoms with Gasteiger partial charge < -0.3 is 9.64 Å². The van der Waals surface area contributed by atoms with Crippen LogP contribution in [0, 0.1) is 0 Å². The zero-order valence-electron chi connectivity index (χ0n) is 8.39. The van der Waals surface area contributed by atoms with E-state index >= 15 is 0 Å². The van der Waals surface area contributed by atoms with Crippen LogP contribution in [0.2, 0.25) is 0 Å². The van der Waals surface area contributed by atoms with Crippen molar-refractivity contribution in [3.05, 3.63) is 30.3 Å².